The summed E-state index contributed by atoms with van der Waals surface area (Å²) in [7, 11) is -3.64. The van der Waals surface area contributed by atoms with Gasteiger partial charge in [-0.1, -0.05) is 142 Å². The summed E-state index contributed by atoms with van der Waals surface area (Å²) in [6.45, 7) is 20.5. The van der Waals surface area contributed by atoms with Gasteiger partial charge in [0.2, 0.25) is 0 Å². The molecule has 6 aromatic carbocycles. The number of benzene rings is 6. The van der Waals surface area contributed by atoms with Crippen molar-refractivity contribution in [2.24, 2.45) is 0 Å². The van der Waals surface area contributed by atoms with Crippen molar-refractivity contribution in [1.29, 1.82) is 0 Å². The molecule has 77 heavy (non-hydrogen) atoms. The average Bonchev–Trinajstić information content (AvgIpc) is 3.38. The molecule has 0 aliphatic rings. The number of hydrogen-bond donors (Lipinski definition) is 4. The first kappa shape index (κ1) is 66.9. The van der Waals surface area contributed by atoms with E-state index < -0.39 is 64.2 Å². The SMILES string of the molecule is C=Cc1cc(B(O)O)cc(C(F)(F)F)c1.C=Cc1cc(B(O)O)cc([N+](=O)[O-])c1.C=Cc1cc(Cl)cc(C(F)(F)F)c1.C=Cc1cc(Cl)cc([N+](=O)[O-])c1.C=Cc1cccc(C(F)(F)F)c1.C=Cc1cccc([N+](=O)[O-])c1. The Morgan fingerprint density at radius 1 is 0.390 bits per heavy atom. The van der Waals surface area contributed by atoms with E-state index in [1.54, 1.807) is 30.3 Å². The Hall–Kier alpha value is -8.12. The van der Waals surface area contributed by atoms with Crippen molar-refractivity contribution in [2.75, 3.05) is 0 Å². The quantitative estimate of drug-likeness (QED) is 0.0417. The predicted molar refractivity (Wildman–Crippen MR) is 284 cm³/mol. The third kappa shape index (κ3) is 24.4. The van der Waals surface area contributed by atoms with Gasteiger partial charge in [0.1, 0.15) is 0 Å². The minimum Gasteiger partial charge on any atom is -0.423 e. The van der Waals surface area contributed by atoms with Gasteiger partial charge in [0.05, 0.1) is 31.5 Å². The van der Waals surface area contributed by atoms with Crippen LogP contribution in [0.15, 0.2) is 161 Å². The molecule has 404 valence electrons. The molecule has 0 saturated heterocycles. The van der Waals surface area contributed by atoms with E-state index in [1.807, 2.05) is 0 Å². The maximum atomic E-state index is 12.4. The number of nitro groups is 3. The predicted octanol–water partition coefficient (Wildman–Crippen LogP) is 13.4. The molecule has 0 aliphatic carbocycles. The van der Waals surface area contributed by atoms with Crippen molar-refractivity contribution < 1.29 is 74.4 Å². The van der Waals surface area contributed by atoms with Gasteiger partial charge in [-0.25, -0.2) is 0 Å². The van der Waals surface area contributed by atoms with Crippen LogP contribution in [-0.2, 0) is 18.5 Å². The van der Waals surface area contributed by atoms with Crippen LogP contribution in [-0.4, -0.2) is 49.1 Å². The van der Waals surface area contributed by atoms with E-state index in [-0.39, 0.29) is 38.6 Å². The lowest BCUT2D eigenvalue weighted by Gasteiger charge is -2.10. The fourth-order valence-corrected chi connectivity index (χ4v) is 5.94. The Labute approximate surface area is 444 Å². The van der Waals surface area contributed by atoms with Crippen molar-refractivity contribution >= 4 is 102 Å². The Balaban J connectivity index is 0.000000463. The summed E-state index contributed by atoms with van der Waals surface area (Å²) in [5.74, 6) is 0. The fraction of sp³-hybridized carbons (Fsp3) is 0.0588. The van der Waals surface area contributed by atoms with E-state index in [0.29, 0.717) is 33.3 Å². The highest BCUT2D eigenvalue weighted by molar-refractivity contribution is 6.59. The molecule has 0 aliphatic heterocycles. The monoisotopic (exact) mass is 1120 g/mol. The maximum Gasteiger partial charge on any atom is 0.488 e. The lowest BCUT2D eigenvalue weighted by atomic mass is 9.78. The second-order valence-corrected chi connectivity index (χ2v) is 15.6. The summed E-state index contributed by atoms with van der Waals surface area (Å²) >= 11 is 11.1. The Morgan fingerprint density at radius 2 is 0.701 bits per heavy atom. The van der Waals surface area contributed by atoms with Crippen molar-refractivity contribution in [2.45, 2.75) is 18.5 Å². The van der Waals surface area contributed by atoms with Gasteiger partial charge in [0, 0.05) is 46.4 Å². The number of non-ortho nitro benzene ring substituents is 3. The standard InChI is InChI=1S/C9H8BF3O2.C9H6ClF3.C9H7F3.C8H8BNO4.C8H6ClNO2.C8H7NO2/c1-2-6-3-7(9(11,12)13)5-8(4-6)10(14)15;1-2-6-3-7(9(11,12)13)5-8(10)4-6;1-2-7-4-3-5-8(6-7)9(10,11)12;1-2-6-3-7(9(11)12)5-8(4-6)10(13)14;1-2-6-3-7(9)5-8(4-6)10(11)12;1-2-7-4-3-5-8(6-7)9(10)11/h2-5,14-15H,1H2;2-5H,1H2;2-6H,1H2;2-5,11-12H,1H2;2-5H,1H2;2-6H,1H2. The lowest BCUT2D eigenvalue weighted by molar-refractivity contribution is -0.385. The van der Waals surface area contributed by atoms with Crippen molar-refractivity contribution in [3.05, 3.63) is 251 Å². The number of nitrogens with zero attached hydrogens (tertiary/aromatic N) is 3. The number of rotatable bonds is 11. The number of hydrogen-bond acceptors (Lipinski definition) is 10. The molecule has 0 amide bonds. The van der Waals surface area contributed by atoms with Crippen molar-refractivity contribution in [3.63, 3.8) is 0 Å². The van der Waals surface area contributed by atoms with E-state index in [2.05, 4.69) is 39.5 Å². The minimum atomic E-state index is -4.51. The lowest BCUT2D eigenvalue weighted by Crippen LogP contribution is -2.31. The van der Waals surface area contributed by atoms with Crippen LogP contribution in [0.4, 0.5) is 56.6 Å². The van der Waals surface area contributed by atoms with Crippen molar-refractivity contribution in [1.82, 2.24) is 0 Å². The first-order valence-corrected chi connectivity index (χ1v) is 21.7. The maximum absolute atomic E-state index is 12.4. The molecule has 0 bridgehead atoms. The Morgan fingerprint density at radius 3 is 1.10 bits per heavy atom. The van der Waals surface area contributed by atoms with Crippen LogP contribution in [0, 0.1) is 30.3 Å². The molecular weight excluding hydrogens is 1080 g/mol. The van der Waals surface area contributed by atoms with E-state index in [4.69, 9.17) is 43.3 Å². The number of halogens is 11. The summed E-state index contributed by atoms with van der Waals surface area (Å²) < 4.78 is 110. The summed E-state index contributed by atoms with van der Waals surface area (Å²) in [5.41, 5.74) is 0.352. The van der Waals surface area contributed by atoms with Crippen LogP contribution in [0.5, 0.6) is 0 Å². The summed E-state index contributed by atoms with van der Waals surface area (Å²) in [4.78, 5) is 29.5. The first-order chi connectivity index (χ1) is 35.7. The molecule has 6 rings (SSSR count). The highest BCUT2D eigenvalue weighted by Gasteiger charge is 2.33. The molecular formula is C51H42B2Cl2F9N3O10. The highest BCUT2D eigenvalue weighted by atomic mass is 35.5. The minimum absolute atomic E-state index is 0.0163. The normalized spacial score (nSPS) is 10.4. The summed E-state index contributed by atoms with van der Waals surface area (Å²) in [5, 5.41) is 66.7. The molecule has 13 nitrogen and oxygen atoms in total. The molecule has 0 aromatic heterocycles. The van der Waals surface area contributed by atoms with Gasteiger partial charge in [-0.2, -0.15) is 39.5 Å². The fourth-order valence-electron chi connectivity index (χ4n) is 5.46. The van der Waals surface area contributed by atoms with Gasteiger partial charge in [0.15, 0.2) is 0 Å². The smallest absolute Gasteiger partial charge is 0.423 e. The molecule has 0 saturated carbocycles. The molecule has 6 aromatic rings. The molecule has 0 radical (unpaired) electrons. The van der Waals surface area contributed by atoms with Crippen molar-refractivity contribution in [3.8, 4) is 0 Å². The largest absolute Gasteiger partial charge is 0.488 e. The molecule has 26 heteroatoms. The zero-order valence-electron chi connectivity index (χ0n) is 39.6. The molecule has 0 unspecified atom stereocenters. The summed E-state index contributed by atoms with van der Waals surface area (Å²) in [6.07, 6.45) is -4.73. The third-order valence-corrected chi connectivity index (χ3v) is 9.58. The highest BCUT2D eigenvalue weighted by Crippen LogP contribution is 2.33. The van der Waals surface area contributed by atoms with E-state index >= 15 is 0 Å². The van der Waals surface area contributed by atoms with Crippen LogP contribution in [0.2, 0.25) is 10.0 Å². The van der Waals surface area contributed by atoms with Gasteiger partial charge in [-0.3, -0.25) is 30.3 Å². The van der Waals surface area contributed by atoms with E-state index in [1.165, 1.54) is 85.0 Å². The zero-order valence-corrected chi connectivity index (χ0v) is 41.2. The molecule has 0 heterocycles. The molecule has 0 fully saturated rings. The number of nitro benzene ring substituents is 3. The van der Waals surface area contributed by atoms with Gasteiger partial charge in [-0.05, 0) is 86.8 Å². The third-order valence-electron chi connectivity index (χ3n) is 9.15. The van der Waals surface area contributed by atoms with Gasteiger partial charge < -0.3 is 20.1 Å². The van der Waals surface area contributed by atoms with Crippen LogP contribution >= 0.6 is 23.2 Å². The first-order valence-electron chi connectivity index (χ1n) is 21.0. The Kier molecular flexibility index (Phi) is 27.0. The number of alkyl halides is 9. The van der Waals surface area contributed by atoms with Crippen LogP contribution < -0.4 is 10.9 Å². The Bertz CT molecular complexity index is 3070. The second-order valence-electron chi connectivity index (χ2n) is 14.7. The second kappa shape index (κ2) is 31.1. The topological polar surface area (TPSA) is 210 Å². The zero-order chi connectivity index (χ0) is 59.0. The average molecular weight is 1120 g/mol. The van der Waals surface area contributed by atoms with Crippen LogP contribution in [0.1, 0.15) is 50.1 Å². The van der Waals surface area contributed by atoms with E-state index in [9.17, 15) is 69.9 Å². The van der Waals surface area contributed by atoms with Crippen LogP contribution in [0.3, 0.4) is 0 Å². The molecule has 0 atom stereocenters. The van der Waals surface area contributed by atoms with Gasteiger partial charge >= 0.3 is 32.8 Å². The van der Waals surface area contributed by atoms with Crippen LogP contribution in [0.25, 0.3) is 36.5 Å². The molecule has 0 spiro atoms. The summed E-state index contributed by atoms with van der Waals surface area (Å²) in [6, 6.07) is 25.6. The molecule has 4 N–H and O–H groups in total. The van der Waals surface area contributed by atoms with E-state index in [0.717, 1.165) is 42.0 Å². The van der Waals surface area contributed by atoms with Gasteiger partial charge in [-0.15, -0.1) is 0 Å². The van der Waals surface area contributed by atoms with Gasteiger partial charge in [0.25, 0.3) is 17.1 Å².